The second-order valence-electron chi connectivity index (χ2n) is 12.7. The smallest absolute Gasteiger partial charge is 0.196 e. The summed E-state index contributed by atoms with van der Waals surface area (Å²) >= 11 is 0. The molecule has 0 heterocycles. The average Bonchev–Trinajstić information content (AvgIpc) is 3.01. The maximum absolute atomic E-state index is 13.0. The molecule has 2 aromatic carbocycles. The molecule has 1 atom stereocenters. The van der Waals surface area contributed by atoms with E-state index in [1.165, 1.54) is 129 Å². The van der Waals surface area contributed by atoms with E-state index in [9.17, 15) is 4.79 Å². The van der Waals surface area contributed by atoms with Crippen LogP contribution in [0.2, 0.25) is 0 Å². The van der Waals surface area contributed by atoms with E-state index < -0.39 is 0 Å². The standard InChI is InChI=1S/C39H63NO2/c1-4-5-6-18-26-35(27-19-15-13-11-9-7-8-10-12-14-16-24-33-40(2)3)28-25-34-42-38-32-23-22-31-37(38)39(41)36-29-20-17-21-30-36/h17,20-23,29-32,35H,4-16,18-19,24-28,33-34H2,1-3H3. The molecule has 42 heavy (non-hydrogen) atoms. The Morgan fingerprint density at radius 1 is 0.619 bits per heavy atom. The molecular formula is C39H63NO2. The van der Waals surface area contributed by atoms with E-state index in [4.69, 9.17) is 4.74 Å². The van der Waals surface area contributed by atoms with Crippen molar-refractivity contribution in [3.8, 4) is 5.75 Å². The summed E-state index contributed by atoms with van der Waals surface area (Å²) in [4.78, 5) is 15.3. The lowest BCUT2D eigenvalue weighted by Crippen LogP contribution is -2.12. The molecule has 3 heteroatoms. The van der Waals surface area contributed by atoms with Gasteiger partial charge in [-0.25, -0.2) is 0 Å². The van der Waals surface area contributed by atoms with Crippen LogP contribution in [0, 0.1) is 5.92 Å². The predicted octanol–water partition coefficient (Wildman–Crippen LogP) is 11.3. The van der Waals surface area contributed by atoms with Crippen LogP contribution in [0.15, 0.2) is 54.6 Å². The van der Waals surface area contributed by atoms with Gasteiger partial charge in [-0.1, -0.05) is 159 Å². The highest BCUT2D eigenvalue weighted by Crippen LogP contribution is 2.25. The largest absolute Gasteiger partial charge is 0.493 e. The van der Waals surface area contributed by atoms with Crippen molar-refractivity contribution in [2.75, 3.05) is 27.2 Å². The fraction of sp³-hybridized carbons (Fsp3) is 0.667. The molecule has 3 nitrogen and oxygen atoms in total. The first-order valence-corrected chi connectivity index (χ1v) is 17.6. The number of ether oxygens (including phenoxy) is 1. The summed E-state index contributed by atoms with van der Waals surface area (Å²) < 4.78 is 6.18. The van der Waals surface area contributed by atoms with Gasteiger partial charge in [0.1, 0.15) is 5.75 Å². The first kappa shape index (κ1) is 36.1. The molecule has 0 fully saturated rings. The van der Waals surface area contributed by atoms with Crippen molar-refractivity contribution in [1.82, 2.24) is 4.90 Å². The molecule has 0 aromatic heterocycles. The van der Waals surface area contributed by atoms with Gasteiger partial charge < -0.3 is 9.64 Å². The summed E-state index contributed by atoms with van der Waals surface area (Å²) in [6.07, 6.45) is 27.3. The average molecular weight is 578 g/mol. The topological polar surface area (TPSA) is 29.5 Å². The van der Waals surface area contributed by atoms with Crippen LogP contribution >= 0.6 is 0 Å². The van der Waals surface area contributed by atoms with Crippen molar-refractivity contribution in [2.24, 2.45) is 5.92 Å². The molecule has 0 saturated carbocycles. The van der Waals surface area contributed by atoms with Crippen LogP contribution in [0.3, 0.4) is 0 Å². The second kappa shape index (κ2) is 24.3. The van der Waals surface area contributed by atoms with Gasteiger partial charge in [0, 0.05) is 5.56 Å². The summed E-state index contributed by atoms with van der Waals surface area (Å²) in [5, 5.41) is 0. The number of unbranched alkanes of at least 4 members (excludes halogenated alkanes) is 14. The van der Waals surface area contributed by atoms with Crippen LogP contribution in [0.1, 0.15) is 151 Å². The van der Waals surface area contributed by atoms with E-state index in [-0.39, 0.29) is 5.78 Å². The lowest BCUT2D eigenvalue weighted by molar-refractivity contribution is 0.103. The molecule has 0 N–H and O–H groups in total. The third-order valence-corrected chi connectivity index (χ3v) is 8.62. The van der Waals surface area contributed by atoms with E-state index in [2.05, 4.69) is 25.9 Å². The second-order valence-corrected chi connectivity index (χ2v) is 12.7. The first-order chi connectivity index (χ1) is 20.6. The Labute approximate surface area is 259 Å². The summed E-state index contributed by atoms with van der Waals surface area (Å²) in [6, 6.07) is 17.2. The molecule has 2 rings (SSSR count). The summed E-state index contributed by atoms with van der Waals surface area (Å²) in [6.45, 7) is 4.21. The first-order valence-electron chi connectivity index (χ1n) is 17.6. The highest BCUT2D eigenvalue weighted by molar-refractivity contribution is 6.10. The van der Waals surface area contributed by atoms with Crippen LogP contribution < -0.4 is 4.74 Å². The van der Waals surface area contributed by atoms with Crippen molar-refractivity contribution >= 4 is 5.78 Å². The number of hydrogen-bond donors (Lipinski definition) is 0. The molecule has 0 bridgehead atoms. The Morgan fingerprint density at radius 3 is 1.71 bits per heavy atom. The maximum Gasteiger partial charge on any atom is 0.196 e. The number of benzene rings is 2. The van der Waals surface area contributed by atoms with Crippen LogP contribution in [0.25, 0.3) is 0 Å². The molecule has 236 valence electrons. The fourth-order valence-corrected chi connectivity index (χ4v) is 6.00. The van der Waals surface area contributed by atoms with Gasteiger partial charge in [0.2, 0.25) is 0 Å². The zero-order valence-electron chi connectivity index (χ0n) is 27.6. The van der Waals surface area contributed by atoms with Crippen molar-refractivity contribution < 1.29 is 9.53 Å². The number of nitrogens with zero attached hydrogens (tertiary/aromatic N) is 1. The molecule has 1 unspecified atom stereocenters. The Morgan fingerprint density at radius 2 is 1.12 bits per heavy atom. The van der Waals surface area contributed by atoms with Crippen molar-refractivity contribution in [3.63, 3.8) is 0 Å². The highest BCUT2D eigenvalue weighted by atomic mass is 16.5. The lowest BCUT2D eigenvalue weighted by Gasteiger charge is -2.18. The number of rotatable bonds is 27. The van der Waals surface area contributed by atoms with Crippen molar-refractivity contribution in [2.45, 2.75) is 135 Å². The molecule has 0 saturated heterocycles. The van der Waals surface area contributed by atoms with Gasteiger partial charge in [-0.2, -0.15) is 0 Å². The zero-order valence-corrected chi connectivity index (χ0v) is 27.6. The lowest BCUT2D eigenvalue weighted by atomic mass is 9.90. The quantitative estimate of drug-likeness (QED) is 0.0781. The molecule has 0 radical (unpaired) electrons. The molecule has 2 aromatic rings. The van der Waals surface area contributed by atoms with Gasteiger partial charge in [-0.3, -0.25) is 4.79 Å². The SMILES string of the molecule is CCCCCCC(CCCCCCCCCCCCCCN(C)C)CCCOc1ccccc1C(=O)c1ccccc1. The van der Waals surface area contributed by atoms with Gasteiger partial charge in [0.15, 0.2) is 5.78 Å². The molecule has 0 aliphatic rings. The minimum Gasteiger partial charge on any atom is -0.493 e. The van der Waals surface area contributed by atoms with E-state index in [1.54, 1.807) is 0 Å². The van der Waals surface area contributed by atoms with Gasteiger partial charge in [0.05, 0.1) is 12.2 Å². The number of carbonyl (C=O) groups excluding carboxylic acids is 1. The number of ketones is 1. The summed E-state index contributed by atoms with van der Waals surface area (Å²) in [7, 11) is 4.34. The molecule has 0 aliphatic carbocycles. The molecule has 0 amide bonds. The minimum atomic E-state index is 0.0335. The zero-order chi connectivity index (χ0) is 30.1. The third kappa shape index (κ3) is 17.1. The van der Waals surface area contributed by atoms with E-state index in [0.29, 0.717) is 23.5 Å². The van der Waals surface area contributed by atoms with Crippen molar-refractivity contribution in [1.29, 1.82) is 0 Å². The fourth-order valence-electron chi connectivity index (χ4n) is 6.00. The highest BCUT2D eigenvalue weighted by Gasteiger charge is 2.14. The molecule has 0 aliphatic heterocycles. The molecular weight excluding hydrogens is 514 g/mol. The van der Waals surface area contributed by atoms with Gasteiger partial charge in [-0.15, -0.1) is 0 Å². The number of para-hydroxylation sites is 1. The number of hydrogen-bond acceptors (Lipinski definition) is 3. The van der Waals surface area contributed by atoms with E-state index in [1.807, 2.05) is 54.6 Å². The third-order valence-electron chi connectivity index (χ3n) is 8.62. The van der Waals surface area contributed by atoms with Gasteiger partial charge in [0.25, 0.3) is 0 Å². The number of carbonyl (C=O) groups is 1. The molecule has 0 spiro atoms. The van der Waals surface area contributed by atoms with Crippen LogP contribution in [-0.2, 0) is 0 Å². The van der Waals surface area contributed by atoms with Crippen LogP contribution in [-0.4, -0.2) is 37.9 Å². The Bertz CT molecular complexity index is 910. The maximum atomic E-state index is 13.0. The van der Waals surface area contributed by atoms with Crippen molar-refractivity contribution in [3.05, 3.63) is 65.7 Å². The Balaban J connectivity index is 1.61. The normalized spacial score (nSPS) is 12.1. The summed E-state index contributed by atoms with van der Waals surface area (Å²) in [5.41, 5.74) is 1.37. The van der Waals surface area contributed by atoms with Gasteiger partial charge >= 0.3 is 0 Å². The van der Waals surface area contributed by atoms with E-state index >= 15 is 0 Å². The van der Waals surface area contributed by atoms with Crippen LogP contribution in [0.5, 0.6) is 5.75 Å². The Kier molecular flexibility index (Phi) is 20.9. The predicted molar refractivity (Wildman–Crippen MR) is 182 cm³/mol. The van der Waals surface area contributed by atoms with Crippen LogP contribution in [0.4, 0.5) is 0 Å². The summed E-state index contributed by atoms with van der Waals surface area (Å²) in [5.74, 6) is 1.56. The van der Waals surface area contributed by atoms with E-state index in [0.717, 1.165) is 12.3 Å². The van der Waals surface area contributed by atoms with Gasteiger partial charge in [-0.05, 0) is 58.0 Å². The minimum absolute atomic E-state index is 0.0335. The monoisotopic (exact) mass is 577 g/mol. The Hall–Kier alpha value is -2.13.